The standard InChI is InChI=1S/C37H57N7O6/c1-6-8-13-23-20-28(33(47)41-26(12-7-2)30(45)35(49)40-25-16-17-25)44(22-23)36(50)31(37(3,4)5)43-34(48)29(24-14-10-9-11-15-24)42-32(46)27-21-38-18-19-39-27/h18-19,21,23-26,28-29,31H,6-17,20,22H2,1-5H3,(H,40,49)(H,41,47)(H,42,46)(H,43,48). The average molecular weight is 696 g/mol. The molecule has 2 aliphatic carbocycles. The van der Waals surface area contributed by atoms with Gasteiger partial charge < -0.3 is 26.2 Å². The van der Waals surface area contributed by atoms with E-state index in [-0.39, 0.29) is 23.6 Å². The van der Waals surface area contributed by atoms with Gasteiger partial charge in [-0.15, -0.1) is 0 Å². The summed E-state index contributed by atoms with van der Waals surface area (Å²) in [4.78, 5) is 91.2. The number of carbonyl (C=O) groups excluding carboxylic acids is 6. The van der Waals surface area contributed by atoms with Gasteiger partial charge in [0.25, 0.3) is 11.8 Å². The van der Waals surface area contributed by atoms with Crippen molar-refractivity contribution in [2.24, 2.45) is 17.3 Å². The molecule has 0 bridgehead atoms. The molecule has 5 unspecified atom stereocenters. The number of ketones is 1. The highest BCUT2D eigenvalue weighted by Gasteiger charge is 2.46. The lowest BCUT2D eigenvalue weighted by atomic mass is 9.82. The van der Waals surface area contributed by atoms with Gasteiger partial charge >= 0.3 is 0 Å². The molecule has 5 atom stereocenters. The molecule has 13 heteroatoms. The van der Waals surface area contributed by atoms with Gasteiger partial charge in [0.05, 0.1) is 12.2 Å². The van der Waals surface area contributed by atoms with Crippen LogP contribution >= 0.6 is 0 Å². The SMILES string of the molecule is CCCCC1CC(C(=O)NC(CCC)C(=O)C(=O)NC2CC2)N(C(=O)C(NC(=O)C(NC(=O)c2cnccn2)C2CCCCC2)C(C)(C)C)C1. The molecule has 4 N–H and O–H groups in total. The van der Waals surface area contributed by atoms with Gasteiger partial charge in [-0.3, -0.25) is 33.8 Å². The molecule has 3 fully saturated rings. The number of hydrogen-bond acceptors (Lipinski definition) is 8. The van der Waals surface area contributed by atoms with E-state index in [0.717, 1.165) is 64.2 Å². The van der Waals surface area contributed by atoms with E-state index < -0.39 is 64.9 Å². The summed E-state index contributed by atoms with van der Waals surface area (Å²) < 4.78 is 0. The van der Waals surface area contributed by atoms with Crippen molar-refractivity contribution in [3.63, 3.8) is 0 Å². The smallest absolute Gasteiger partial charge is 0.289 e. The minimum absolute atomic E-state index is 0.00860. The number of carbonyl (C=O) groups is 6. The molecule has 13 nitrogen and oxygen atoms in total. The van der Waals surface area contributed by atoms with Crippen LogP contribution in [0.3, 0.4) is 0 Å². The number of hydrogen-bond donors (Lipinski definition) is 4. The third-order valence-corrected chi connectivity index (χ3v) is 10.2. The monoisotopic (exact) mass is 695 g/mol. The zero-order chi connectivity index (χ0) is 36.4. The van der Waals surface area contributed by atoms with Gasteiger partial charge in [0, 0.05) is 25.0 Å². The largest absolute Gasteiger partial charge is 0.347 e. The maximum absolute atomic E-state index is 14.6. The predicted molar refractivity (Wildman–Crippen MR) is 187 cm³/mol. The summed E-state index contributed by atoms with van der Waals surface area (Å²) in [6.45, 7) is 9.88. The number of nitrogens with one attached hydrogen (secondary N) is 4. The molecule has 0 spiro atoms. The quantitative estimate of drug-likeness (QED) is 0.190. The van der Waals surface area contributed by atoms with Crippen molar-refractivity contribution < 1.29 is 28.8 Å². The first-order valence-electron chi connectivity index (χ1n) is 18.7. The Labute approximate surface area is 296 Å². The van der Waals surface area contributed by atoms with Crippen LogP contribution in [0.1, 0.15) is 129 Å². The van der Waals surface area contributed by atoms with E-state index in [0.29, 0.717) is 25.8 Å². The number of rotatable bonds is 16. The Kier molecular flexibility index (Phi) is 13.9. The zero-order valence-corrected chi connectivity index (χ0v) is 30.5. The van der Waals surface area contributed by atoms with E-state index in [1.54, 1.807) is 4.90 Å². The average Bonchev–Trinajstić information content (AvgIpc) is 3.82. The number of unbranched alkanes of at least 4 members (excludes halogenated alkanes) is 1. The van der Waals surface area contributed by atoms with Crippen LogP contribution in [0.15, 0.2) is 18.6 Å². The second-order valence-electron chi connectivity index (χ2n) is 15.5. The molecule has 1 aromatic heterocycles. The first kappa shape index (κ1) is 38.9. The number of amides is 5. The topological polar surface area (TPSA) is 180 Å². The van der Waals surface area contributed by atoms with Gasteiger partial charge in [-0.25, -0.2) is 4.98 Å². The lowest BCUT2D eigenvalue weighted by Gasteiger charge is -2.37. The van der Waals surface area contributed by atoms with Crippen LogP contribution in [0.5, 0.6) is 0 Å². The van der Waals surface area contributed by atoms with Crippen LogP contribution in [0, 0.1) is 17.3 Å². The fourth-order valence-corrected chi connectivity index (χ4v) is 7.13. The summed E-state index contributed by atoms with van der Waals surface area (Å²) in [5.74, 6) is -3.26. The minimum Gasteiger partial charge on any atom is -0.347 e. The molecular weight excluding hydrogens is 638 g/mol. The first-order valence-corrected chi connectivity index (χ1v) is 18.7. The van der Waals surface area contributed by atoms with E-state index >= 15 is 0 Å². The maximum Gasteiger partial charge on any atom is 0.289 e. The van der Waals surface area contributed by atoms with Crippen molar-refractivity contribution in [3.05, 3.63) is 24.3 Å². The Balaban J connectivity index is 1.56. The maximum atomic E-state index is 14.6. The van der Waals surface area contributed by atoms with Crippen molar-refractivity contribution in [3.8, 4) is 0 Å². The third-order valence-electron chi connectivity index (χ3n) is 10.2. The summed E-state index contributed by atoms with van der Waals surface area (Å²) in [6, 6.07) is -3.75. The highest BCUT2D eigenvalue weighted by Crippen LogP contribution is 2.32. The normalized spacial score (nSPS) is 21.4. The van der Waals surface area contributed by atoms with E-state index in [4.69, 9.17) is 0 Å². The highest BCUT2D eigenvalue weighted by atomic mass is 16.2. The molecule has 4 rings (SSSR count). The summed E-state index contributed by atoms with van der Waals surface area (Å²) in [5, 5.41) is 11.4. The van der Waals surface area contributed by atoms with Crippen molar-refractivity contribution in [2.45, 2.75) is 148 Å². The highest BCUT2D eigenvalue weighted by molar-refractivity contribution is 6.38. The molecule has 3 aliphatic rings. The lowest BCUT2D eigenvalue weighted by molar-refractivity contribution is -0.145. The zero-order valence-electron chi connectivity index (χ0n) is 30.5. The molecular formula is C37H57N7O6. The minimum atomic E-state index is -1.01. The molecule has 0 radical (unpaired) electrons. The fraction of sp³-hybridized carbons (Fsp3) is 0.730. The van der Waals surface area contributed by atoms with Crippen molar-refractivity contribution in [1.82, 2.24) is 36.1 Å². The Morgan fingerprint density at radius 1 is 0.920 bits per heavy atom. The van der Waals surface area contributed by atoms with Gasteiger partial charge in [0.15, 0.2) is 0 Å². The second-order valence-corrected chi connectivity index (χ2v) is 15.5. The molecule has 5 amide bonds. The van der Waals surface area contributed by atoms with Gasteiger partial charge in [-0.05, 0) is 62.2 Å². The number of nitrogens with zero attached hydrogens (tertiary/aromatic N) is 3. The van der Waals surface area contributed by atoms with Gasteiger partial charge in [0.2, 0.25) is 23.5 Å². The van der Waals surface area contributed by atoms with Crippen LogP contribution in [-0.2, 0) is 24.0 Å². The van der Waals surface area contributed by atoms with E-state index in [1.165, 1.54) is 18.6 Å². The van der Waals surface area contributed by atoms with Gasteiger partial charge in [-0.2, -0.15) is 0 Å². The Morgan fingerprint density at radius 2 is 1.64 bits per heavy atom. The van der Waals surface area contributed by atoms with E-state index in [2.05, 4.69) is 38.2 Å². The fourth-order valence-electron chi connectivity index (χ4n) is 7.13. The van der Waals surface area contributed by atoms with Crippen LogP contribution in [0.2, 0.25) is 0 Å². The third kappa shape index (κ3) is 10.6. The first-order chi connectivity index (χ1) is 23.8. The summed E-state index contributed by atoms with van der Waals surface area (Å²) in [5.41, 5.74) is -0.651. The molecule has 276 valence electrons. The van der Waals surface area contributed by atoms with E-state index in [1.807, 2.05) is 27.7 Å². The molecule has 2 heterocycles. The molecule has 1 aromatic rings. The molecule has 50 heavy (non-hydrogen) atoms. The predicted octanol–water partition coefficient (Wildman–Crippen LogP) is 3.23. The van der Waals surface area contributed by atoms with E-state index in [9.17, 15) is 28.8 Å². The van der Waals surface area contributed by atoms with Gasteiger partial charge in [-0.1, -0.05) is 73.1 Å². The van der Waals surface area contributed by atoms with Crippen LogP contribution in [0.25, 0.3) is 0 Å². The number of likely N-dealkylation sites (tertiary alicyclic amines) is 1. The number of Topliss-reactive ketones (excluding diaryl/α,β-unsaturated/α-hetero) is 1. The molecule has 1 saturated heterocycles. The summed E-state index contributed by atoms with van der Waals surface area (Å²) in [6.07, 6.45) is 14.4. The lowest BCUT2D eigenvalue weighted by Crippen LogP contribution is -2.62. The molecule has 2 saturated carbocycles. The molecule has 0 aromatic carbocycles. The number of aromatic nitrogens is 2. The van der Waals surface area contributed by atoms with Crippen LogP contribution in [0.4, 0.5) is 0 Å². The summed E-state index contributed by atoms with van der Waals surface area (Å²) >= 11 is 0. The molecule has 1 aliphatic heterocycles. The Hall–Kier alpha value is -3.90. The Bertz CT molecular complexity index is 1360. The van der Waals surface area contributed by atoms with Crippen LogP contribution in [-0.4, -0.2) is 86.9 Å². The van der Waals surface area contributed by atoms with Crippen molar-refractivity contribution in [2.75, 3.05) is 6.54 Å². The van der Waals surface area contributed by atoms with Crippen molar-refractivity contribution >= 4 is 35.3 Å². The van der Waals surface area contributed by atoms with Crippen molar-refractivity contribution in [1.29, 1.82) is 0 Å². The van der Waals surface area contributed by atoms with Crippen LogP contribution < -0.4 is 21.3 Å². The Morgan fingerprint density at radius 3 is 2.24 bits per heavy atom. The summed E-state index contributed by atoms with van der Waals surface area (Å²) in [7, 11) is 0. The second kappa shape index (κ2) is 17.8. The van der Waals surface area contributed by atoms with Gasteiger partial charge in [0.1, 0.15) is 23.8 Å².